The number of carbonyl (C=O) groups is 2. The zero-order valence-corrected chi connectivity index (χ0v) is 27.7. The second-order valence-corrected chi connectivity index (χ2v) is 13.4. The summed E-state index contributed by atoms with van der Waals surface area (Å²) in [5.41, 5.74) is 6.27. The van der Waals surface area contributed by atoms with Crippen LogP contribution < -0.4 is 16.3 Å². The number of fused-ring (bicyclic) bond motifs is 15. The van der Waals surface area contributed by atoms with Crippen LogP contribution in [-0.2, 0) is 15.4 Å². The van der Waals surface area contributed by atoms with Gasteiger partial charge in [-0.05, 0) is 12.1 Å². The summed E-state index contributed by atoms with van der Waals surface area (Å²) in [4.78, 5) is 52.6. The number of hydrogen-bond donors (Lipinski definition) is 1. The molecule has 0 radical (unpaired) electrons. The van der Waals surface area contributed by atoms with Crippen molar-refractivity contribution in [3.63, 3.8) is 0 Å². The Balaban J connectivity index is 0.000000250. The molecule has 0 saturated carbocycles. The van der Waals surface area contributed by atoms with Crippen LogP contribution in [0.1, 0.15) is 43.0 Å². The fraction of sp³-hybridized carbons (Fsp3) is 0. The van der Waals surface area contributed by atoms with E-state index in [2.05, 4.69) is 61.0 Å². The number of nitrogens with zero attached hydrogens (tertiary/aromatic N) is 8. The third kappa shape index (κ3) is 4.13. The van der Waals surface area contributed by atoms with Crippen molar-refractivity contribution >= 4 is 68.3 Å². The first-order valence-corrected chi connectivity index (χ1v) is 17.2. The average molecular weight is 723 g/mol. The zero-order valence-electron chi connectivity index (χ0n) is 26.7. The predicted octanol–water partition coefficient (Wildman–Crippen LogP) is 5.42. The maximum atomic E-state index is 10.9. The molecular formula is C40H21CuN9O2. The van der Waals surface area contributed by atoms with Crippen LogP contribution in [0.2, 0.25) is 0 Å². The number of aliphatic imine (C=N–C) groups is 4. The SMILES string of the molecule is O=C1NC(=O)c2ccccc21.c1ccc2c(c1)C1=NC/2=N\c2c3ccccc3c3[n]2[Cu][n]2/c(c4ccccc4/c2=N/C2=N\C(=N/3)c3ccccc32)=N\1. The summed E-state index contributed by atoms with van der Waals surface area (Å²) in [5.74, 6) is 3.44. The van der Waals surface area contributed by atoms with E-state index in [1.165, 1.54) is 0 Å². The van der Waals surface area contributed by atoms with Gasteiger partial charge in [0.05, 0.1) is 11.1 Å². The first-order valence-electron chi connectivity index (χ1n) is 16.4. The minimum absolute atomic E-state index is 0.300. The van der Waals surface area contributed by atoms with Crippen molar-refractivity contribution in [1.82, 2.24) is 12.5 Å². The summed E-state index contributed by atoms with van der Waals surface area (Å²) >= 11 is 1.62. The number of hydrogen-bond acceptors (Lipinski definition) is 8. The van der Waals surface area contributed by atoms with E-state index >= 15 is 0 Å². The van der Waals surface area contributed by atoms with Gasteiger partial charge < -0.3 is 0 Å². The molecule has 5 aromatic carbocycles. The van der Waals surface area contributed by atoms with Crippen LogP contribution in [0.4, 0.5) is 11.6 Å². The van der Waals surface area contributed by atoms with Crippen molar-refractivity contribution in [3.8, 4) is 0 Å². The van der Waals surface area contributed by atoms with E-state index in [0.29, 0.717) is 34.5 Å². The molecule has 52 heavy (non-hydrogen) atoms. The van der Waals surface area contributed by atoms with Gasteiger partial charge in [-0.1, -0.05) is 12.1 Å². The molecule has 0 unspecified atom stereocenters. The van der Waals surface area contributed by atoms with E-state index in [-0.39, 0.29) is 11.8 Å². The van der Waals surface area contributed by atoms with Gasteiger partial charge in [0.2, 0.25) is 0 Å². The second kappa shape index (κ2) is 10.8. The molecule has 6 bridgehead atoms. The summed E-state index contributed by atoms with van der Waals surface area (Å²) in [5, 5.41) is 6.13. The number of carbonyl (C=O) groups excluding carboxylic acids is 2. The minimum atomic E-state index is -0.300. The van der Waals surface area contributed by atoms with Crippen molar-refractivity contribution in [2.75, 3.05) is 0 Å². The Labute approximate surface area is 300 Å². The van der Waals surface area contributed by atoms with E-state index in [1.807, 2.05) is 48.5 Å². The fourth-order valence-corrected chi connectivity index (χ4v) is 8.14. The molecule has 0 fully saturated rings. The van der Waals surface area contributed by atoms with Crippen molar-refractivity contribution in [3.05, 3.63) is 166 Å². The quantitative estimate of drug-likeness (QED) is 0.166. The summed E-state index contributed by atoms with van der Waals surface area (Å²) in [6.07, 6.45) is 0. The van der Waals surface area contributed by atoms with Crippen molar-refractivity contribution < 1.29 is 25.0 Å². The molecule has 12 heteroatoms. The molecule has 7 heterocycles. The third-order valence-electron chi connectivity index (χ3n) is 9.35. The van der Waals surface area contributed by atoms with Gasteiger partial charge >= 0.3 is 239 Å². The molecule has 2 amide bonds. The van der Waals surface area contributed by atoms with Gasteiger partial charge in [-0.15, -0.1) is 0 Å². The van der Waals surface area contributed by atoms with Crippen LogP contribution in [-0.4, -0.2) is 42.3 Å². The van der Waals surface area contributed by atoms with Gasteiger partial charge in [-0.2, -0.15) is 0 Å². The maximum absolute atomic E-state index is 10.9. The molecule has 7 aromatic rings. The molecule has 249 valence electrons. The molecular weight excluding hydrogens is 702 g/mol. The molecule has 11 nitrogen and oxygen atoms in total. The van der Waals surface area contributed by atoms with Gasteiger partial charge in [-0.25, -0.2) is 0 Å². The summed E-state index contributed by atoms with van der Waals surface area (Å²) in [7, 11) is 0. The van der Waals surface area contributed by atoms with Crippen molar-refractivity contribution in [2.24, 2.45) is 30.0 Å². The first-order chi connectivity index (χ1) is 25.6. The van der Waals surface area contributed by atoms with Crippen molar-refractivity contribution in [1.29, 1.82) is 0 Å². The Kier molecular flexibility index (Phi) is 6.01. The molecule has 2 aromatic heterocycles. The number of amidine groups is 4. The summed E-state index contributed by atoms with van der Waals surface area (Å²) in [6, 6.07) is 39.5. The van der Waals surface area contributed by atoms with Crippen LogP contribution >= 0.6 is 0 Å². The number of nitrogens with one attached hydrogen (secondary N) is 1. The van der Waals surface area contributed by atoms with E-state index < -0.39 is 0 Å². The topological polar surface area (TPSA) is 130 Å². The molecule has 5 aliphatic heterocycles. The van der Waals surface area contributed by atoms with E-state index in [0.717, 1.165) is 66.4 Å². The second-order valence-electron chi connectivity index (χ2n) is 12.3. The van der Waals surface area contributed by atoms with Gasteiger partial charge in [-0.3, -0.25) is 14.9 Å². The Morgan fingerprint density at radius 2 is 0.731 bits per heavy atom. The monoisotopic (exact) mass is 722 g/mol. The standard InChI is InChI=1S/C32H16N8.C8H5NO2.Cu/c1-2-10-18-17(9-1)25-33-26(18)38-28-21-13-5-6-14-22(21)30(35-28)40-32-24-16-8-7-15-23(24)31(36-32)39-29-20-12-4-3-11-19(20)27(34-29)37-25;10-7-5-3-1-2-4-6(5)8(11)9-7;/h1-16H;1-4H,(H,9,10,11);/q-2;;+2. The number of benzene rings is 5. The fourth-order valence-electron chi connectivity index (χ4n) is 6.96. The Morgan fingerprint density at radius 3 is 1.15 bits per heavy atom. The Bertz CT molecular complexity index is 2880. The van der Waals surface area contributed by atoms with Gasteiger partial charge in [0.1, 0.15) is 0 Å². The van der Waals surface area contributed by atoms with Crippen LogP contribution in [0.3, 0.4) is 0 Å². The molecule has 12 rings (SSSR count). The molecule has 0 atom stereocenters. The van der Waals surface area contributed by atoms with Gasteiger partial charge in [0.25, 0.3) is 11.8 Å². The van der Waals surface area contributed by atoms with Gasteiger partial charge in [0, 0.05) is 0 Å². The van der Waals surface area contributed by atoms with Crippen LogP contribution in [0.15, 0.2) is 151 Å². The van der Waals surface area contributed by atoms with E-state index in [1.54, 1.807) is 39.7 Å². The average Bonchev–Trinajstić information content (AvgIpc) is 3.95. The van der Waals surface area contributed by atoms with E-state index in [4.69, 9.17) is 30.0 Å². The van der Waals surface area contributed by atoms with Crippen LogP contribution in [0, 0.1) is 0 Å². The van der Waals surface area contributed by atoms with Gasteiger partial charge in [0.15, 0.2) is 0 Å². The Hall–Kier alpha value is -6.88. The predicted molar refractivity (Wildman–Crippen MR) is 194 cm³/mol. The summed E-state index contributed by atoms with van der Waals surface area (Å²) < 4.78 is 4.13. The normalized spacial score (nSPS) is 18.9. The number of rotatable bonds is 0. The first kappa shape index (κ1) is 28.9. The molecule has 5 aliphatic rings. The molecule has 1 N–H and O–H groups in total. The Morgan fingerprint density at radius 1 is 0.385 bits per heavy atom. The van der Waals surface area contributed by atoms with E-state index in [9.17, 15) is 9.59 Å². The molecule has 0 saturated heterocycles. The third-order valence-corrected chi connectivity index (χ3v) is 10.5. The molecule has 0 spiro atoms. The number of aromatic nitrogens is 2. The van der Waals surface area contributed by atoms with Crippen LogP contribution in [0.5, 0.6) is 0 Å². The zero-order chi connectivity index (χ0) is 34.5. The van der Waals surface area contributed by atoms with Crippen LogP contribution in [0.25, 0.3) is 21.5 Å². The number of imide groups is 1. The summed E-state index contributed by atoms with van der Waals surface area (Å²) in [6.45, 7) is 0. The molecule has 0 aliphatic carbocycles. The van der Waals surface area contributed by atoms with Crippen molar-refractivity contribution in [2.45, 2.75) is 0 Å². The number of amides is 2.